The molecule has 0 bridgehead atoms. The summed E-state index contributed by atoms with van der Waals surface area (Å²) >= 11 is 0. The third-order valence-corrected chi connectivity index (χ3v) is 4.65. The van der Waals surface area contributed by atoms with E-state index >= 15 is 0 Å². The molecule has 0 aromatic carbocycles. The van der Waals surface area contributed by atoms with Gasteiger partial charge in [0.1, 0.15) is 0 Å². The maximum atomic E-state index is 12.7. The molecule has 136 valence electrons. The maximum Gasteiger partial charge on any atom is 0.435 e. The lowest BCUT2D eigenvalue weighted by Gasteiger charge is -2.31. The van der Waals surface area contributed by atoms with Crippen LogP contribution in [0.4, 0.5) is 13.2 Å². The fourth-order valence-electron chi connectivity index (χ4n) is 3.27. The molecular weight excluding hydrogens is 347 g/mol. The summed E-state index contributed by atoms with van der Waals surface area (Å²) in [6, 6.07) is 6.40. The first-order chi connectivity index (χ1) is 12.4. The molecule has 4 heterocycles. The number of likely N-dealkylation sites (tertiary alicyclic amines) is 1. The second-order valence-electron chi connectivity index (χ2n) is 6.28. The Morgan fingerprint density at radius 2 is 1.88 bits per heavy atom. The average Bonchev–Trinajstić information content (AvgIpc) is 3.28. The number of fused-ring (bicyclic) bond motifs is 1. The van der Waals surface area contributed by atoms with Gasteiger partial charge >= 0.3 is 6.18 Å². The second-order valence-corrected chi connectivity index (χ2v) is 6.28. The Bertz CT molecular complexity index is 937. The van der Waals surface area contributed by atoms with E-state index in [4.69, 9.17) is 0 Å². The second kappa shape index (κ2) is 6.15. The van der Waals surface area contributed by atoms with Crippen molar-refractivity contribution in [3.63, 3.8) is 0 Å². The Labute approximate surface area is 146 Å². The van der Waals surface area contributed by atoms with Crippen molar-refractivity contribution in [2.75, 3.05) is 13.1 Å². The Morgan fingerprint density at radius 3 is 2.58 bits per heavy atom. The largest absolute Gasteiger partial charge is 0.435 e. The Balaban J connectivity index is 1.45. The van der Waals surface area contributed by atoms with Crippen molar-refractivity contribution in [2.45, 2.75) is 25.1 Å². The molecule has 1 saturated heterocycles. The van der Waals surface area contributed by atoms with Gasteiger partial charge in [-0.15, -0.1) is 0 Å². The number of pyridine rings is 1. The summed E-state index contributed by atoms with van der Waals surface area (Å²) < 4.78 is 41.1. The topological polar surface area (TPSA) is 55.4 Å². The number of halogens is 3. The summed E-state index contributed by atoms with van der Waals surface area (Å²) in [6.45, 7) is 0.902. The number of amides is 1. The lowest BCUT2D eigenvalue weighted by atomic mass is 10.1. The highest BCUT2D eigenvalue weighted by Gasteiger charge is 2.35. The molecule has 26 heavy (non-hydrogen) atoms. The van der Waals surface area contributed by atoms with Crippen molar-refractivity contribution in [3.8, 4) is 0 Å². The summed E-state index contributed by atoms with van der Waals surface area (Å²) in [4.78, 5) is 18.6. The van der Waals surface area contributed by atoms with E-state index in [1.807, 2.05) is 18.2 Å². The molecule has 1 aliphatic heterocycles. The highest BCUT2D eigenvalue weighted by molar-refractivity contribution is 5.91. The van der Waals surface area contributed by atoms with Gasteiger partial charge < -0.3 is 4.90 Å². The molecule has 6 nitrogen and oxygen atoms in total. The van der Waals surface area contributed by atoms with Gasteiger partial charge in [0.2, 0.25) is 5.82 Å². The summed E-state index contributed by atoms with van der Waals surface area (Å²) in [6.07, 6.45) is 1.44. The normalized spacial score (nSPS) is 16.3. The highest BCUT2D eigenvalue weighted by atomic mass is 19.4. The van der Waals surface area contributed by atoms with Gasteiger partial charge in [0.15, 0.2) is 5.69 Å². The van der Waals surface area contributed by atoms with Crippen LogP contribution in [0.1, 0.15) is 35.2 Å². The molecule has 0 atom stereocenters. The van der Waals surface area contributed by atoms with E-state index in [1.165, 1.54) is 10.9 Å². The van der Waals surface area contributed by atoms with Gasteiger partial charge in [0.25, 0.3) is 5.91 Å². The summed E-state index contributed by atoms with van der Waals surface area (Å²) in [7, 11) is 0. The molecular formula is C17H16F3N5O. The predicted molar refractivity (Wildman–Crippen MR) is 86.6 cm³/mol. The van der Waals surface area contributed by atoms with Crippen molar-refractivity contribution in [3.05, 3.63) is 54.4 Å². The van der Waals surface area contributed by atoms with Crippen molar-refractivity contribution in [1.29, 1.82) is 0 Å². The molecule has 1 aliphatic rings. The zero-order valence-corrected chi connectivity index (χ0v) is 13.7. The molecule has 0 N–H and O–H groups in total. The monoisotopic (exact) mass is 363 g/mol. The minimum atomic E-state index is -4.44. The molecule has 3 aromatic rings. The van der Waals surface area contributed by atoms with Crippen molar-refractivity contribution >= 4 is 11.4 Å². The van der Waals surface area contributed by atoms with Gasteiger partial charge in [0.05, 0.1) is 17.8 Å². The molecule has 3 aromatic heterocycles. The molecule has 0 radical (unpaired) electrons. The molecule has 1 amide bonds. The molecule has 0 spiro atoms. The molecule has 0 unspecified atom stereocenters. The van der Waals surface area contributed by atoms with Crippen LogP contribution in [-0.4, -0.2) is 43.1 Å². The number of piperidine rings is 1. The average molecular weight is 363 g/mol. The van der Waals surface area contributed by atoms with Crippen LogP contribution in [0.5, 0.6) is 0 Å². The summed E-state index contributed by atoms with van der Waals surface area (Å²) in [5.41, 5.74) is -0.0539. The van der Waals surface area contributed by atoms with Gasteiger partial charge in [-0.25, -0.2) is 4.98 Å². The van der Waals surface area contributed by atoms with Crippen molar-refractivity contribution in [1.82, 2.24) is 24.1 Å². The van der Waals surface area contributed by atoms with Crippen molar-refractivity contribution in [2.24, 2.45) is 0 Å². The van der Waals surface area contributed by atoms with Crippen LogP contribution in [0.3, 0.4) is 0 Å². The Hall–Kier alpha value is -2.84. The molecule has 4 rings (SSSR count). The van der Waals surface area contributed by atoms with E-state index in [2.05, 4.69) is 10.1 Å². The van der Waals surface area contributed by atoms with Crippen molar-refractivity contribution < 1.29 is 18.0 Å². The number of alkyl halides is 3. The van der Waals surface area contributed by atoms with Crippen LogP contribution in [0.15, 0.2) is 42.9 Å². The molecule has 0 aliphatic carbocycles. The van der Waals surface area contributed by atoms with Crippen LogP contribution in [0.2, 0.25) is 0 Å². The van der Waals surface area contributed by atoms with Gasteiger partial charge in [-0.3, -0.25) is 13.9 Å². The molecule has 9 heteroatoms. The van der Waals surface area contributed by atoms with Crippen LogP contribution in [-0.2, 0) is 6.18 Å². The first kappa shape index (κ1) is 16.6. The van der Waals surface area contributed by atoms with Gasteiger partial charge in [0, 0.05) is 25.5 Å². The minimum absolute atomic E-state index is 0.146. The number of imidazole rings is 1. The summed E-state index contributed by atoms with van der Waals surface area (Å²) in [5, 5.41) is 3.64. The number of aromatic nitrogens is 4. The van der Waals surface area contributed by atoms with E-state index in [1.54, 1.807) is 21.7 Å². The van der Waals surface area contributed by atoms with E-state index < -0.39 is 11.9 Å². The standard InChI is InChI=1S/C17H16F3N5O/c18-17(19,20)14-6-10-25(22-14)12-4-8-23(9-5-12)16(26)15-21-11-13-3-1-2-7-24(13)15/h1-3,6-7,10-12H,4-5,8-9H2. The van der Waals surface area contributed by atoms with Gasteiger partial charge in [-0.1, -0.05) is 6.07 Å². The highest BCUT2D eigenvalue weighted by Crippen LogP contribution is 2.29. The molecule has 1 fully saturated rings. The number of hydrogen-bond acceptors (Lipinski definition) is 3. The number of hydrogen-bond donors (Lipinski definition) is 0. The number of nitrogens with zero attached hydrogens (tertiary/aromatic N) is 5. The predicted octanol–water partition coefficient (Wildman–Crippen LogP) is 3.03. The third kappa shape index (κ3) is 2.93. The van der Waals surface area contributed by atoms with Crippen LogP contribution >= 0.6 is 0 Å². The third-order valence-electron chi connectivity index (χ3n) is 4.65. The Kier molecular flexibility index (Phi) is 3.93. The summed E-state index contributed by atoms with van der Waals surface area (Å²) in [5.74, 6) is 0.170. The lowest BCUT2D eigenvalue weighted by Crippen LogP contribution is -2.40. The first-order valence-electron chi connectivity index (χ1n) is 8.27. The smallest absolute Gasteiger partial charge is 0.336 e. The van der Waals surface area contributed by atoms with E-state index in [0.717, 1.165) is 11.6 Å². The van der Waals surface area contributed by atoms with E-state index in [0.29, 0.717) is 31.8 Å². The lowest BCUT2D eigenvalue weighted by molar-refractivity contribution is -0.141. The van der Waals surface area contributed by atoms with E-state index in [9.17, 15) is 18.0 Å². The van der Waals surface area contributed by atoms with Gasteiger partial charge in [-0.2, -0.15) is 18.3 Å². The zero-order chi connectivity index (χ0) is 18.3. The maximum absolute atomic E-state index is 12.7. The fourth-order valence-corrected chi connectivity index (χ4v) is 3.27. The SMILES string of the molecule is O=C(c1ncc2ccccn12)N1CCC(n2ccc(C(F)(F)F)n2)CC1. The number of rotatable bonds is 2. The zero-order valence-electron chi connectivity index (χ0n) is 13.7. The quantitative estimate of drug-likeness (QED) is 0.703. The first-order valence-corrected chi connectivity index (χ1v) is 8.27. The van der Waals surface area contributed by atoms with Crippen LogP contribution < -0.4 is 0 Å². The minimum Gasteiger partial charge on any atom is -0.336 e. The van der Waals surface area contributed by atoms with Crippen LogP contribution in [0.25, 0.3) is 5.52 Å². The molecule has 0 saturated carbocycles. The van der Waals surface area contributed by atoms with E-state index in [-0.39, 0.29) is 11.9 Å². The Morgan fingerprint density at radius 1 is 1.12 bits per heavy atom. The fraction of sp³-hybridized carbons (Fsp3) is 0.353. The number of carbonyl (C=O) groups excluding carboxylic acids is 1. The number of carbonyl (C=O) groups is 1. The van der Waals surface area contributed by atoms with Crippen LogP contribution in [0, 0.1) is 0 Å². The van der Waals surface area contributed by atoms with Gasteiger partial charge in [-0.05, 0) is 31.0 Å².